The quantitative estimate of drug-likeness (QED) is 0.402. The summed E-state index contributed by atoms with van der Waals surface area (Å²) >= 11 is 0. The number of rotatable bonds is 3. The molecule has 1 saturated heterocycles. The Hall–Kier alpha value is -0.160. The van der Waals surface area contributed by atoms with Crippen molar-refractivity contribution in [2.75, 3.05) is 13.1 Å². The van der Waals surface area contributed by atoms with Gasteiger partial charge in [0.25, 0.3) is 0 Å². The zero-order chi connectivity index (χ0) is 8.27. The number of β-amino-alcohol motifs (C(OH)–C–C–N with tert-alkyl or cyclic N) is 1. The van der Waals surface area contributed by atoms with Crippen LogP contribution in [0.3, 0.4) is 0 Å². The summed E-state index contributed by atoms with van der Waals surface area (Å²) < 4.78 is 0. The van der Waals surface area contributed by atoms with Crippen molar-refractivity contribution in [2.45, 2.75) is 31.1 Å². The number of nitrogens with two attached hydrogens (primary N) is 1. The van der Waals surface area contributed by atoms with Gasteiger partial charge in [0.15, 0.2) is 0 Å². The van der Waals surface area contributed by atoms with E-state index in [0.717, 1.165) is 0 Å². The standard InChI is InChI=1S/C7H16N2O2/c8-2-1-7(11)6-3-5(10)4-9-6/h5-7,9-11H,1-4,8H2/t5-,6+,7-/m1/s1. The van der Waals surface area contributed by atoms with Crippen molar-refractivity contribution < 1.29 is 10.2 Å². The molecule has 0 aromatic carbocycles. The van der Waals surface area contributed by atoms with Gasteiger partial charge in [-0.2, -0.15) is 0 Å². The maximum atomic E-state index is 9.41. The van der Waals surface area contributed by atoms with Gasteiger partial charge < -0.3 is 21.3 Å². The van der Waals surface area contributed by atoms with E-state index in [9.17, 15) is 5.11 Å². The summed E-state index contributed by atoms with van der Waals surface area (Å²) in [6.45, 7) is 1.09. The molecule has 0 unspecified atom stereocenters. The zero-order valence-corrected chi connectivity index (χ0v) is 6.53. The molecule has 0 saturated carbocycles. The molecule has 66 valence electrons. The van der Waals surface area contributed by atoms with Crippen LogP contribution in [-0.4, -0.2) is 41.6 Å². The molecule has 0 aliphatic carbocycles. The molecule has 1 rings (SSSR count). The van der Waals surface area contributed by atoms with E-state index in [1.807, 2.05) is 0 Å². The fourth-order valence-electron chi connectivity index (χ4n) is 1.41. The van der Waals surface area contributed by atoms with Crippen molar-refractivity contribution in [1.82, 2.24) is 5.32 Å². The topological polar surface area (TPSA) is 78.5 Å². The molecular formula is C7H16N2O2. The number of hydrogen-bond donors (Lipinski definition) is 4. The molecule has 0 spiro atoms. The maximum Gasteiger partial charge on any atom is 0.0706 e. The molecular weight excluding hydrogens is 144 g/mol. The van der Waals surface area contributed by atoms with E-state index >= 15 is 0 Å². The number of aliphatic hydroxyl groups is 2. The SMILES string of the molecule is NCC[C@@H](O)[C@@H]1C[C@@H](O)CN1. The van der Waals surface area contributed by atoms with E-state index in [4.69, 9.17) is 10.8 Å². The Morgan fingerprint density at radius 2 is 2.36 bits per heavy atom. The zero-order valence-electron chi connectivity index (χ0n) is 6.53. The molecule has 11 heavy (non-hydrogen) atoms. The van der Waals surface area contributed by atoms with Crippen molar-refractivity contribution in [3.63, 3.8) is 0 Å². The number of nitrogens with one attached hydrogen (secondary N) is 1. The summed E-state index contributed by atoms with van der Waals surface area (Å²) in [5.74, 6) is 0. The van der Waals surface area contributed by atoms with E-state index in [1.165, 1.54) is 0 Å². The molecule has 1 fully saturated rings. The fraction of sp³-hybridized carbons (Fsp3) is 1.00. The third-order valence-corrected chi connectivity index (χ3v) is 2.07. The average molecular weight is 160 g/mol. The van der Waals surface area contributed by atoms with E-state index < -0.39 is 6.10 Å². The number of aliphatic hydroxyl groups excluding tert-OH is 2. The molecule has 3 atom stereocenters. The van der Waals surface area contributed by atoms with Gasteiger partial charge in [-0.3, -0.25) is 0 Å². The Morgan fingerprint density at radius 1 is 1.64 bits per heavy atom. The second-order valence-corrected chi connectivity index (χ2v) is 3.05. The highest BCUT2D eigenvalue weighted by atomic mass is 16.3. The van der Waals surface area contributed by atoms with Crippen LogP contribution >= 0.6 is 0 Å². The van der Waals surface area contributed by atoms with Gasteiger partial charge in [-0.1, -0.05) is 0 Å². The molecule has 0 amide bonds. The summed E-state index contributed by atoms with van der Waals surface area (Å²) in [5.41, 5.74) is 5.28. The third kappa shape index (κ3) is 2.41. The van der Waals surface area contributed by atoms with Crippen LogP contribution in [-0.2, 0) is 0 Å². The minimum atomic E-state index is -0.405. The van der Waals surface area contributed by atoms with Crippen LogP contribution in [0, 0.1) is 0 Å². The van der Waals surface area contributed by atoms with Crippen LogP contribution in [0.1, 0.15) is 12.8 Å². The minimum absolute atomic E-state index is 0.0357. The van der Waals surface area contributed by atoms with E-state index in [-0.39, 0.29) is 12.1 Å². The van der Waals surface area contributed by atoms with Crippen molar-refractivity contribution in [1.29, 1.82) is 0 Å². The van der Waals surface area contributed by atoms with Crippen LogP contribution in [0.2, 0.25) is 0 Å². The highest BCUT2D eigenvalue weighted by Gasteiger charge is 2.27. The van der Waals surface area contributed by atoms with E-state index in [2.05, 4.69) is 5.32 Å². The molecule has 0 radical (unpaired) electrons. The number of hydrogen-bond acceptors (Lipinski definition) is 4. The van der Waals surface area contributed by atoms with Gasteiger partial charge in [0.1, 0.15) is 0 Å². The van der Waals surface area contributed by atoms with Gasteiger partial charge in [0, 0.05) is 12.6 Å². The Balaban J connectivity index is 2.25. The van der Waals surface area contributed by atoms with Crippen molar-refractivity contribution in [3.05, 3.63) is 0 Å². The van der Waals surface area contributed by atoms with Gasteiger partial charge in [-0.05, 0) is 19.4 Å². The lowest BCUT2D eigenvalue weighted by atomic mass is 10.1. The lowest BCUT2D eigenvalue weighted by Gasteiger charge is -2.16. The van der Waals surface area contributed by atoms with Crippen molar-refractivity contribution >= 4 is 0 Å². The van der Waals surface area contributed by atoms with Gasteiger partial charge in [0.2, 0.25) is 0 Å². The van der Waals surface area contributed by atoms with E-state index in [0.29, 0.717) is 25.9 Å². The summed E-state index contributed by atoms with van der Waals surface area (Å²) in [5, 5.41) is 21.6. The smallest absolute Gasteiger partial charge is 0.0706 e. The minimum Gasteiger partial charge on any atom is -0.392 e. The average Bonchev–Trinajstić information content (AvgIpc) is 2.36. The molecule has 4 heteroatoms. The molecule has 4 nitrogen and oxygen atoms in total. The Labute approximate surface area is 66.4 Å². The summed E-state index contributed by atoms with van der Waals surface area (Å²) in [6.07, 6.45) is 0.538. The van der Waals surface area contributed by atoms with Crippen LogP contribution in [0.4, 0.5) is 0 Å². The lowest BCUT2D eigenvalue weighted by Crippen LogP contribution is -2.35. The van der Waals surface area contributed by atoms with Gasteiger partial charge in [0.05, 0.1) is 12.2 Å². The molecule has 0 aromatic rings. The van der Waals surface area contributed by atoms with Crippen molar-refractivity contribution in [2.24, 2.45) is 5.73 Å². The Morgan fingerprint density at radius 3 is 2.82 bits per heavy atom. The lowest BCUT2D eigenvalue weighted by molar-refractivity contribution is 0.119. The largest absolute Gasteiger partial charge is 0.392 e. The molecule has 0 bridgehead atoms. The first kappa shape index (κ1) is 8.93. The molecule has 5 N–H and O–H groups in total. The van der Waals surface area contributed by atoms with Crippen LogP contribution in [0.15, 0.2) is 0 Å². The summed E-state index contributed by atoms with van der Waals surface area (Å²) in [7, 11) is 0. The van der Waals surface area contributed by atoms with Crippen molar-refractivity contribution in [3.8, 4) is 0 Å². The highest BCUT2D eigenvalue weighted by Crippen LogP contribution is 2.11. The Kier molecular flexibility index (Phi) is 3.26. The maximum absolute atomic E-state index is 9.41. The molecule has 0 aromatic heterocycles. The van der Waals surface area contributed by atoms with Gasteiger partial charge in [-0.25, -0.2) is 0 Å². The van der Waals surface area contributed by atoms with Crippen LogP contribution < -0.4 is 11.1 Å². The van der Waals surface area contributed by atoms with E-state index in [1.54, 1.807) is 0 Å². The predicted octanol–water partition coefficient (Wildman–Crippen LogP) is -1.58. The second kappa shape index (κ2) is 4.01. The van der Waals surface area contributed by atoms with Crippen LogP contribution in [0.25, 0.3) is 0 Å². The molecule has 1 heterocycles. The van der Waals surface area contributed by atoms with Crippen LogP contribution in [0.5, 0.6) is 0 Å². The third-order valence-electron chi connectivity index (χ3n) is 2.07. The first-order chi connectivity index (χ1) is 5.24. The first-order valence-corrected chi connectivity index (χ1v) is 4.03. The first-order valence-electron chi connectivity index (χ1n) is 4.03. The predicted molar refractivity (Wildman–Crippen MR) is 42.1 cm³/mol. The van der Waals surface area contributed by atoms with Gasteiger partial charge in [-0.15, -0.1) is 0 Å². The summed E-state index contributed by atoms with van der Waals surface area (Å²) in [6, 6.07) is 0.0357. The summed E-state index contributed by atoms with van der Waals surface area (Å²) in [4.78, 5) is 0. The second-order valence-electron chi connectivity index (χ2n) is 3.05. The molecule has 1 aliphatic heterocycles. The normalized spacial score (nSPS) is 34.1. The fourth-order valence-corrected chi connectivity index (χ4v) is 1.41. The monoisotopic (exact) mass is 160 g/mol. The highest BCUT2D eigenvalue weighted by molar-refractivity contribution is 4.86. The van der Waals surface area contributed by atoms with Gasteiger partial charge >= 0.3 is 0 Å². The Bertz CT molecular complexity index is 121. The molecule has 1 aliphatic rings.